The van der Waals surface area contributed by atoms with Crippen LogP contribution in [0.3, 0.4) is 0 Å². The van der Waals surface area contributed by atoms with Crippen molar-refractivity contribution in [2.24, 2.45) is 0 Å². The number of aryl methyl sites for hydroxylation is 3. The molecule has 4 aromatic rings. The van der Waals surface area contributed by atoms with E-state index in [0.29, 0.717) is 13.1 Å². The van der Waals surface area contributed by atoms with E-state index in [9.17, 15) is 4.79 Å². The van der Waals surface area contributed by atoms with E-state index in [-0.39, 0.29) is 11.9 Å². The summed E-state index contributed by atoms with van der Waals surface area (Å²) in [6.45, 7) is 4.74. The summed E-state index contributed by atoms with van der Waals surface area (Å²) in [6.07, 6.45) is 11.9. The van der Waals surface area contributed by atoms with Gasteiger partial charge >= 0.3 is 0 Å². The van der Waals surface area contributed by atoms with Gasteiger partial charge in [0.05, 0.1) is 13.7 Å². The summed E-state index contributed by atoms with van der Waals surface area (Å²) in [4.78, 5) is 27.0. The molecule has 1 aliphatic heterocycles. The highest BCUT2D eigenvalue weighted by atomic mass is 16.5. The SMILES string of the molecule is COc1cc2c(cc1C)CCN(CC(=O)N(Cc1ccccc1)C(CCc1ccncc1)CCc1ccncc1)C2. The third-order valence-electron chi connectivity index (χ3n) is 8.16. The highest BCUT2D eigenvalue weighted by molar-refractivity contribution is 5.78. The van der Waals surface area contributed by atoms with Gasteiger partial charge in [0, 0.05) is 50.5 Å². The normalized spacial score (nSPS) is 13.1. The fourth-order valence-corrected chi connectivity index (χ4v) is 5.83. The molecule has 0 atom stereocenters. The summed E-state index contributed by atoms with van der Waals surface area (Å²) in [7, 11) is 1.72. The Morgan fingerprint density at radius 2 is 1.51 bits per heavy atom. The number of amides is 1. The van der Waals surface area contributed by atoms with Gasteiger partial charge in [0.25, 0.3) is 0 Å². The van der Waals surface area contributed by atoms with Crippen LogP contribution in [0.15, 0.2) is 91.5 Å². The first-order valence-electron chi connectivity index (χ1n) is 14.6. The molecule has 212 valence electrons. The summed E-state index contributed by atoms with van der Waals surface area (Å²) >= 11 is 0. The molecule has 41 heavy (non-hydrogen) atoms. The molecule has 0 saturated heterocycles. The molecule has 6 nitrogen and oxygen atoms in total. The van der Waals surface area contributed by atoms with Crippen LogP contribution in [-0.2, 0) is 37.1 Å². The summed E-state index contributed by atoms with van der Waals surface area (Å²) in [5.74, 6) is 1.10. The number of pyridine rings is 2. The Bertz CT molecular complexity index is 1350. The number of carbonyl (C=O) groups is 1. The number of carbonyl (C=O) groups excluding carboxylic acids is 1. The second-order valence-corrected chi connectivity index (χ2v) is 11.0. The van der Waals surface area contributed by atoms with Crippen LogP contribution in [0.4, 0.5) is 0 Å². The van der Waals surface area contributed by atoms with Crippen LogP contribution in [0.2, 0.25) is 0 Å². The summed E-state index contributed by atoms with van der Waals surface area (Å²) in [6, 6.07) is 23.2. The first-order chi connectivity index (χ1) is 20.1. The molecule has 0 spiro atoms. The van der Waals surface area contributed by atoms with Crippen LogP contribution in [0.1, 0.15) is 46.2 Å². The molecular formula is C35H40N4O2. The Morgan fingerprint density at radius 1 is 0.878 bits per heavy atom. The van der Waals surface area contributed by atoms with E-state index < -0.39 is 0 Å². The van der Waals surface area contributed by atoms with E-state index in [1.165, 1.54) is 22.3 Å². The molecule has 1 aliphatic rings. The number of benzene rings is 2. The Morgan fingerprint density at radius 3 is 2.12 bits per heavy atom. The van der Waals surface area contributed by atoms with E-state index >= 15 is 0 Å². The van der Waals surface area contributed by atoms with Gasteiger partial charge < -0.3 is 9.64 Å². The zero-order valence-electron chi connectivity index (χ0n) is 24.2. The molecular weight excluding hydrogens is 508 g/mol. The third-order valence-corrected chi connectivity index (χ3v) is 8.16. The van der Waals surface area contributed by atoms with Crippen molar-refractivity contribution in [1.82, 2.24) is 19.8 Å². The molecule has 0 aliphatic carbocycles. The number of rotatable bonds is 12. The summed E-state index contributed by atoms with van der Waals surface area (Å²) in [5, 5.41) is 0. The minimum absolute atomic E-state index is 0.101. The second-order valence-electron chi connectivity index (χ2n) is 11.0. The standard InChI is InChI=1S/C35H40N4O2/c1-27-22-31-16-21-38(25-32(31)23-34(27)41-2)26-35(40)39(24-30-6-4-3-5-7-30)33(10-8-28-12-17-36-18-13-28)11-9-29-14-19-37-20-15-29/h3-7,12-15,17-20,22-23,33H,8-11,16,21,24-26H2,1-2H3. The number of methoxy groups -OCH3 is 1. The lowest BCUT2D eigenvalue weighted by Gasteiger charge is -2.36. The number of hydrogen-bond donors (Lipinski definition) is 0. The molecule has 5 rings (SSSR count). The second kappa shape index (κ2) is 14.0. The predicted octanol–water partition coefficient (Wildman–Crippen LogP) is 5.81. The minimum atomic E-state index is 0.101. The van der Waals surface area contributed by atoms with Gasteiger partial charge in [0.1, 0.15) is 5.75 Å². The van der Waals surface area contributed by atoms with Gasteiger partial charge in [-0.15, -0.1) is 0 Å². The maximum absolute atomic E-state index is 14.2. The zero-order valence-corrected chi connectivity index (χ0v) is 24.2. The highest BCUT2D eigenvalue weighted by Gasteiger charge is 2.27. The number of fused-ring (bicyclic) bond motifs is 1. The van der Waals surface area contributed by atoms with Crippen molar-refractivity contribution in [1.29, 1.82) is 0 Å². The van der Waals surface area contributed by atoms with Crippen LogP contribution < -0.4 is 4.74 Å². The Labute approximate surface area is 244 Å². The fraction of sp³-hybridized carbons (Fsp3) is 0.343. The molecule has 0 bridgehead atoms. The first kappa shape index (κ1) is 28.5. The van der Waals surface area contributed by atoms with E-state index in [1.54, 1.807) is 7.11 Å². The van der Waals surface area contributed by atoms with E-state index in [1.807, 2.05) is 30.9 Å². The van der Waals surface area contributed by atoms with Gasteiger partial charge in [-0.1, -0.05) is 36.4 Å². The lowest BCUT2D eigenvalue weighted by Crippen LogP contribution is -2.46. The molecule has 0 saturated carbocycles. The van der Waals surface area contributed by atoms with Crippen LogP contribution in [0.5, 0.6) is 5.75 Å². The van der Waals surface area contributed by atoms with Crippen molar-refractivity contribution >= 4 is 5.91 Å². The Balaban J connectivity index is 1.36. The smallest absolute Gasteiger partial charge is 0.237 e. The number of ether oxygens (including phenoxy) is 1. The number of hydrogen-bond acceptors (Lipinski definition) is 5. The van der Waals surface area contributed by atoms with Crippen LogP contribution in [-0.4, -0.2) is 51.9 Å². The molecule has 0 radical (unpaired) electrons. The molecule has 0 unspecified atom stereocenters. The molecule has 2 aromatic carbocycles. The lowest BCUT2D eigenvalue weighted by molar-refractivity contribution is -0.136. The largest absolute Gasteiger partial charge is 0.496 e. The van der Waals surface area contributed by atoms with Gasteiger partial charge in [-0.25, -0.2) is 0 Å². The summed E-state index contributed by atoms with van der Waals surface area (Å²) in [5.41, 5.74) is 7.43. The highest BCUT2D eigenvalue weighted by Crippen LogP contribution is 2.28. The average molecular weight is 549 g/mol. The van der Waals surface area contributed by atoms with Crippen molar-refractivity contribution < 1.29 is 9.53 Å². The number of nitrogens with zero attached hydrogens (tertiary/aromatic N) is 4. The van der Waals surface area contributed by atoms with Crippen LogP contribution in [0, 0.1) is 6.92 Å². The third kappa shape index (κ3) is 7.80. The van der Waals surface area contributed by atoms with Crippen LogP contribution in [0.25, 0.3) is 0 Å². The topological polar surface area (TPSA) is 58.6 Å². The van der Waals surface area contributed by atoms with E-state index in [0.717, 1.165) is 62.1 Å². The monoisotopic (exact) mass is 548 g/mol. The van der Waals surface area contributed by atoms with E-state index in [4.69, 9.17) is 4.74 Å². The van der Waals surface area contributed by atoms with Crippen molar-refractivity contribution in [2.45, 2.75) is 58.2 Å². The molecule has 0 fully saturated rings. The maximum Gasteiger partial charge on any atom is 0.237 e. The minimum Gasteiger partial charge on any atom is -0.496 e. The number of aromatic nitrogens is 2. The molecule has 2 aromatic heterocycles. The van der Waals surface area contributed by atoms with Crippen molar-refractivity contribution in [3.05, 3.63) is 125 Å². The molecule has 0 N–H and O–H groups in total. The first-order valence-corrected chi connectivity index (χ1v) is 14.6. The average Bonchev–Trinajstić information content (AvgIpc) is 3.01. The van der Waals surface area contributed by atoms with Crippen molar-refractivity contribution in [3.63, 3.8) is 0 Å². The predicted molar refractivity (Wildman–Crippen MR) is 163 cm³/mol. The van der Waals surface area contributed by atoms with Gasteiger partial charge in [-0.2, -0.15) is 0 Å². The van der Waals surface area contributed by atoms with Crippen LogP contribution >= 0.6 is 0 Å². The molecule has 3 heterocycles. The molecule has 6 heteroatoms. The summed E-state index contributed by atoms with van der Waals surface area (Å²) < 4.78 is 5.59. The maximum atomic E-state index is 14.2. The fourth-order valence-electron chi connectivity index (χ4n) is 5.83. The quantitative estimate of drug-likeness (QED) is 0.224. The van der Waals surface area contributed by atoms with E-state index in [2.05, 4.69) is 87.4 Å². The Kier molecular flexibility index (Phi) is 9.76. The van der Waals surface area contributed by atoms with Gasteiger partial charge in [0.2, 0.25) is 5.91 Å². The van der Waals surface area contributed by atoms with Gasteiger partial charge in [0.15, 0.2) is 0 Å². The van der Waals surface area contributed by atoms with Gasteiger partial charge in [-0.05, 0) is 103 Å². The van der Waals surface area contributed by atoms with Gasteiger partial charge in [-0.3, -0.25) is 19.7 Å². The van der Waals surface area contributed by atoms with Crippen molar-refractivity contribution in [2.75, 3.05) is 20.2 Å². The zero-order chi connectivity index (χ0) is 28.4. The Hall–Kier alpha value is -4.03. The molecule has 1 amide bonds. The van der Waals surface area contributed by atoms with Crippen molar-refractivity contribution in [3.8, 4) is 5.75 Å². The lowest BCUT2D eigenvalue weighted by atomic mass is 9.96.